The van der Waals surface area contributed by atoms with Gasteiger partial charge in [-0.15, -0.1) is 0 Å². The van der Waals surface area contributed by atoms with E-state index in [1.165, 1.54) is 6.42 Å². The lowest BCUT2D eigenvalue weighted by Gasteiger charge is -2.20. The predicted octanol–water partition coefficient (Wildman–Crippen LogP) is 4.40. The number of aryl methyl sites for hydroxylation is 2. The fourth-order valence-electron chi connectivity index (χ4n) is 3.06. The van der Waals surface area contributed by atoms with Crippen LogP contribution in [0.4, 0.5) is 5.69 Å². The lowest BCUT2D eigenvalue weighted by atomic mass is 9.88. The Morgan fingerprint density at radius 1 is 1.04 bits per heavy atom. The molecule has 0 bridgehead atoms. The Labute approximate surface area is 142 Å². The number of anilines is 1. The zero-order valence-corrected chi connectivity index (χ0v) is 14.2. The molecule has 1 heterocycles. The largest absolute Gasteiger partial charge is 0.424 e. The summed E-state index contributed by atoms with van der Waals surface area (Å²) in [5, 5.41) is 3.00. The molecule has 1 fully saturated rings. The van der Waals surface area contributed by atoms with Crippen molar-refractivity contribution < 1.29 is 9.53 Å². The first-order valence-electron chi connectivity index (χ1n) is 8.51. The van der Waals surface area contributed by atoms with Gasteiger partial charge in [-0.1, -0.05) is 19.3 Å². The maximum Gasteiger partial charge on any atom is 0.322 e. The monoisotopic (exact) mass is 325 g/mol. The van der Waals surface area contributed by atoms with E-state index < -0.39 is 0 Å². The number of benzene rings is 1. The van der Waals surface area contributed by atoms with Gasteiger partial charge in [0.05, 0.1) is 0 Å². The van der Waals surface area contributed by atoms with Crippen molar-refractivity contribution in [1.82, 2.24) is 9.97 Å². The van der Waals surface area contributed by atoms with Gasteiger partial charge in [-0.05, 0) is 57.0 Å². The second kappa shape index (κ2) is 7.43. The highest BCUT2D eigenvalue weighted by molar-refractivity contribution is 5.92. The number of nitrogens with one attached hydrogen (secondary N) is 1. The molecule has 5 heteroatoms. The summed E-state index contributed by atoms with van der Waals surface area (Å²) in [5.41, 5.74) is 2.53. The lowest BCUT2D eigenvalue weighted by molar-refractivity contribution is -0.120. The number of nitrogens with zero attached hydrogens (tertiary/aromatic N) is 2. The summed E-state index contributed by atoms with van der Waals surface area (Å²) in [6.45, 7) is 3.82. The third kappa shape index (κ3) is 4.31. The van der Waals surface area contributed by atoms with E-state index in [9.17, 15) is 4.79 Å². The van der Waals surface area contributed by atoms with Crippen molar-refractivity contribution in [3.8, 4) is 11.8 Å². The van der Waals surface area contributed by atoms with Crippen LogP contribution in [0, 0.1) is 19.8 Å². The van der Waals surface area contributed by atoms with E-state index in [0.717, 1.165) is 42.8 Å². The molecule has 0 saturated heterocycles. The average Bonchev–Trinajstić information content (AvgIpc) is 2.56. The molecule has 1 N–H and O–H groups in total. The first-order chi connectivity index (χ1) is 11.6. The van der Waals surface area contributed by atoms with Crippen LogP contribution in [0.25, 0.3) is 0 Å². The highest BCUT2D eigenvalue weighted by atomic mass is 16.5. The Morgan fingerprint density at radius 3 is 2.29 bits per heavy atom. The molecule has 1 amide bonds. The minimum Gasteiger partial charge on any atom is -0.424 e. The fraction of sp³-hybridized carbons (Fsp3) is 0.421. The van der Waals surface area contributed by atoms with Crippen molar-refractivity contribution in [2.45, 2.75) is 46.0 Å². The summed E-state index contributed by atoms with van der Waals surface area (Å²) in [7, 11) is 0. The number of hydrogen-bond acceptors (Lipinski definition) is 4. The van der Waals surface area contributed by atoms with Crippen LogP contribution in [0.2, 0.25) is 0 Å². The van der Waals surface area contributed by atoms with E-state index in [1.54, 1.807) is 0 Å². The van der Waals surface area contributed by atoms with Gasteiger partial charge in [0.1, 0.15) is 5.75 Å². The standard InChI is InChI=1S/C19H23N3O2/c1-13-12-14(2)21-19(20-13)24-17-10-8-16(9-11-17)22-18(23)15-6-4-3-5-7-15/h8-12,15H,3-7H2,1-2H3,(H,22,23). The minimum atomic E-state index is 0.126. The van der Waals surface area contributed by atoms with Gasteiger partial charge in [0.2, 0.25) is 5.91 Å². The molecular formula is C19H23N3O2. The predicted molar refractivity (Wildman–Crippen MR) is 93.2 cm³/mol. The Hall–Kier alpha value is -2.43. The quantitative estimate of drug-likeness (QED) is 0.904. The second-order valence-electron chi connectivity index (χ2n) is 6.38. The SMILES string of the molecule is Cc1cc(C)nc(Oc2ccc(NC(=O)C3CCCCC3)cc2)n1. The summed E-state index contributed by atoms with van der Waals surface area (Å²) in [6.07, 6.45) is 5.55. The van der Waals surface area contributed by atoms with Crippen LogP contribution in [0.1, 0.15) is 43.5 Å². The molecule has 0 unspecified atom stereocenters. The maximum atomic E-state index is 12.3. The molecule has 0 radical (unpaired) electrons. The third-order valence-corrected chi connectivity index (χ3v) is 4.27. The second-order valence-corrected chi connectivity index (χ2v) is 6.38. The molecule has 1 aliphatic carbocycles. The number of ether oxygens (including phenoxy) is 1. The number of rotatable bonds is 4. The van der Waals surface area contributed by atoms with Gasteiger partial charge in [0, 0.05) is 23.0 Å². The van der Waals surface area contributed by atoms with Crippen LogP contribution in [-0.2, 0) is 4.79 Å². The normalized spacial score (nSPS) is 15.1. The Kier molecular flexibility index (Phi) is 5.08. The molecule has 1 aliphatic rings. The minimum absolute atomic E-state index is 0.126. The summed E-state index contributed by atoms with van der Waals surface area (Å²) in [6, 6.07) is 9.56. The van der Waals surface area contributed by atoms with Crippen LogP contribution < -0.4 is 10.1 Å². The number of aromatic nitrogens is 2. The fourth-order valence-corrected chi connectivity index (χ4v) is 3.06. The smallest absolute Gasteiger partial charge is 0.322 e. The van der Waals surface area contributed by atoms with Crippen LogP contribution in [0.5, 0.6) is 11.8 Å². The maximum absolute atomic E-state index is 12.3. The van der Waals surface area contributed by atoms with Gasteiger partial charge in [-0.3, -0.25) is 4.79 Å². The van der Waals surface area contributed by atoms with Crippen molar-refractivity contribution >= 4 is 11.6 Å². The van der Waals surface area contributed by atoms with Crippen molar-refractivity contribution in [1.29, 1.82) is 0 Å². The van der Waals surface area contributed by atoms with Gasteiger partial charge >= 0.3 is 6.01 Å². The molecule has 0 spiro atoms. The van der Waals surface area contributed by atoms with E-state index >= 15 is 0 Å². The highest BCUT2D eigenvalue weighted by Crippen LogP contribution is 2.26. The van der Waals surface area contributed by atoms with Crippen LogP contribution in [-0.4, -0.2) is 15.9 Å². The third-order valence-electron chi connectivity index (χ3n) is 4.27. The molecule has 5 nitrogen and oxygen atoms in total. The molecule has 1 aromatic heterocycles. The molecule has 0 atom stereocenters. The molecule has 1 saturated carbocycles. The molecule has 3 rings (SSSR count). The van der Waals surface area contributed by atoms with Gasteiger partial charge < -0.3 is 10.1 Å². The molecule has 2 aromatic rings. The molecule has 24 heavy (non-hydrogen) atoms. The van der Waals surface area contributed by atoms with Gasteiger partial charge in [0.15, 0.2) is 0 Å². The lowest BCUT2D eigenvalue weighted by Crippen LogP contribution is -2.24. The van der Waals surface area contributed by atoms with Crippen molar-refractivity contribution in [2.24, 2.45) is 5.92 Å². The number of hydrogen-bond donors (Lipinski definition) is 1. The first-order valence-corrected chi connectivity index (χ1v) is 8.51. The van der Waals surface area contributed by atoms with Crippen LogP contribution in [0.3, 0.4) is 0 Å². The Morgan fingerprint density at radius 2 is 1.67 bits per heavy atom. The summed E-state index contributed by atoms with van der Waals surface area (Å²) in [4.78, 5) is 20.8. The number of amides is 1. The first kappa shape index (κ1) is 16.4. The zero-order chi connectivity index (χ0) is 16.9. The number of carbonyl (C=O) groups excluding carboxylic acids is 1. The summed E-state index contributed by atoms with van der Waals surface area (Å²) >= 11 is 0. The van der Waals surface area contributed by atoms with Crippen molar-refractivity contribution in [2.75, 3.05) is 5.32 Å². The van der Waals surface area contributed by atoms with Crippen molar-refractivity contribution in [3.05, 3.63) is 41.7 Å². The Balaban J connectivity index is 1.61. The van der Waals surface area contributed by atoms with E-state index in [0.29, 0.717) is 11.8 Å². The van der Waals surface area contributed by atoms with E-state index in [2.05, 4.69) is 15.3 Å². The van der Waals surface area contributed by atoms with E-state index in [4.69, 9.17) is 4.74 Å². The molecular weight excluding hydrogens is 302 g/mol. The highest BCUT2D eigenvalue weighted by Gasteiger charge is 2.20. The summed E-state index contributed by atoms with van der Waals surface area (Å²) < 4.78 is 5.68. The summed E-state index contributed by atoms with van der Waals surface area (Å²) in [5.74, 6) is 0.926. The van der Waals surface area contributed by atoms with E-state index in [1.807, 2.05) is 44.2 Å². The van der Waals surface area contributed by atoms with Gasteiger partial charge in [-0.25, -0.2) is 9.97 Å². The molecule has 1 aromatic carbocycles. The van der Waals surface area contributed by atoms with Gasteiger partial charge in [0.25, 0.3) is 0 Å². The van der Waals surface area contributed by atoms with Gasteiger partial charge in [-0.2, -0.15) is 0 Å². The molecule has 0 aliphatic heterocycles. The Bertz CT molecular complexity index is 687. The topological polar surface area (TPSA) is 64.1 Å². The van der Waals surface area contributed by atoms with Crippen molar-refractivity contribution in [3.63, 3.8) is 0 Å². The zero-order valence-electron chi connectivity index (χ0n) is 14.2. The van der Waals surface area contributed by atoms with E-state index in [-0.39, 0.29) is 11.8 Å². The van der Waals surface area contributed by atoms with Crippen LogP contribution >= 0.6 is 0 Å². The number of carbonyl (C=O) groups is 1. The molecule has 126 valence electrons. The average molecular weight is 325 g/mol. The van der Waals surface area contributed by atoms with Crippen LogP contribution in [0.15, 0.2) is 30.3 Å².